The molecule has 0 fully saturated rings. The number of aliphatic hydroxyl groups excluding tert-OH is 1. The van der Waals surface area contributed by atoms with Crippen molar-refractivity contribution in [1.29, 1.82) is 0 Å². The first-order valence-electron chi connectivity index (χ1n) is 6.58. The van der Waals surface area contributed by atoms with Crippen molar-refractivity contribution >= 4 is 10.0 Å². The molecule has 0 aliphatic rings. The monoisotopic (exact) mass is 301 g/mol. The molecule has 0 radical (unpaired) electrons. The molecule has 1 aromatic heterocycles. The molecule has 114 valence electrons. The fourth-order valence-corrected chi connectivity index (χ4v) is 3.67. The van der Waals surface area contributed by atoms with Gasteiger partial charge in [0.05, 0.1) is 24.5 Å². The van der Waals surface area contributed by atoms with Gasteiger partial charge in [0.1, 0.15) is 4.90 Å². The third-order valence-electron chi connectivity index (χ3n) is 3.18. The number of aliphatic hydroxyl groups is 1. The second-order valence-corrected chi connectivity index (χ2v) is 6.69. The van der Waals surface area contributed by atoms with E-state index in [1.165, 1.54) is 8.99 Å². The standard InChI is InChI=1S/C13H23N3O3S/c1-5-6-7-8-15(4)20(18,19)13-11(2)14-16(9-10-17)12(13)3/h5,17H,1,6-10H2,2-4H3. The number of rotatable bonds is 8. The predicted molar refractivity (Wildman–Crippen MR) is 78.0 cm³/mol. The smallest absolute Gasteiger partial charge is 0.246 e. The van der Waals surface area contributed by atoms with Crippen molar-refractivity contribution < 1.29 is 13.5 Å². The Kier molecular flexibility index (Phi) is 5.91. The van der Waals surface area contributed by atoms with Gasteiger partial charge in [-0.1, -0.05) is 6.08 Å². The van der Waals surface area contributed by atoms with Crippen LogP contribution >= 0.6 is 0 Å². The van der Waals surface area contributed by atoms with Crippen LogP contribution in [0, 0.1) is 13.8 Å². The second-order valence-electron chi connectivity index (χ2n) is 4.70. The molecule has 20 heavy (non-hydrogen) atoms. The minimum Gasteiger partial charge on any atom is -0.394 e. The van der Waals surface area contributed by atoms with Crippen molar-refractivity contribution in [3.05, 3.63) is 24.0 Å². The molecule has 1 heterocycles. The van der Waals surface area contributed by atoms with E-state index in [1.54, 1.807) is 27.0 Å². The minimum atomic E-state index is -3.54. The van der Waals surface area contributed by atoms with Crippen molar-refractivity contribution in [1.82, 2.24) is 14.1 Å². The molecule has 1 aromatic rings. The first-order chi connectivity index (χ1) is 9.36. The van der Waals surface area contributed by atoms with Gasteiger partial charge in [0.25, 0.3) is 0 Å². The van der Waals surface area contributed by atoms with E-state index in [0.29, 0.717) is 24.5 Å². The van der Waals surface area contributed by atoms with Gasteiger partial charge in [-0.3, -0.25) is 4.68 Å². The van der Waals surface area contributed by atoms with Crippen LogP contribution in [-0.4, -0.2) is 47.8 Å². The van der Waals surface area contributed by atoms with Gasteiger partial charge in [0, 0.05) is 13.6 Å². The van der Waals surface area contributed by atoms with Crippen molar-refractivity contribution in [2.24, 2.45) is 0 Å². The van der Waals surface area contributed by atoms with Crippen LogP contribution in [0.4, 0.5) is 0 Å². The number of unbranched alkanes of at least 4 members (excludes halogenated alkanes) is 1. The molecular weight excluding hydrogens is 278 g/mol. The Balaban J connectivity index is 3.06. The van der Waals surface area contributed by atoms with E-state index < -0.39 is 10.0 Å². The zero-order valence-corrected chi connectivity index (χ0v) is 13.2. The van der Waals surface area contributed by atoms with E-state index in [2.05, 4.69) is 11.7 Å². The number of allylic oxidation sites excluding steroid dienone is 1. The summed E-state index contributed by atoms with van der Waals surface area (Å²) in [5.41, 5.74) is 1.03. The summed E-state index contributed by atoms with van der Waals surface area (Å²) >= 11 is 0. The zero-order chi connectivity index (χ0) is 15.3. The Morgan fingerprint density at radius 1 is 1.45 bits per heavy atom. The topological polar surface area (TPSA) is 75.4 Å². The maximum absolute atomic E-state index is 12.6. The van der Waals surface area contributed by atoms with Crippen molar-refractivity contribution in [2.45, 2.75) is 38.1 Å². The molecule has 0 unspecified atom stereocenters. The average molecular weight is 301 g/mol. The van der Waals surface area contributed by atoms with Gasteiger partial charge in [0.15, 0.2) is 0 Å². The molecular formula is C13H23N3O3S. The lowest BCUT2D eigenvalue weighted by Gasteiger charge is -2.17. The van der Waals surface area contributed by atoms with E-state index in [1.807, 2.05) is 0 Å². The lowest BCUT2D eigenvalue weighted by atomic mass is 10.3. The molecule has 0 spiro atoms. The van der Waals surface area contributed by atoms with Crippen LogP contribution in [0.15, 0.2) is 17.6 Å². The SMILES string of the molecule is C=CCCCN(C)S(=O)(=O)c1c(C)nn(CCO)c1C. The summed E-state index contributed by atoms with van der Waals surface area (Å²) in [6.45, 7) is 7.67. The van der Waals surface area contributed by atoms with Gasteiger partial charge < -0.3 is 5.11 Å². The lowest BCUT2D eigenvalue weighted by molar-refractivity contribution is 0.267. The Bertz CT molecular complexity index is 564. The fraction of sp³-hybridized carbons (Fsp3) is 0.615. The molecule has 0 amide bonds. The number of hydrogen-bond acceptors (Lipinski definition) is 4. The van der Waals surface area contributed by atoms with Crippen molar-refractivity contribution in [3.8, 4) is 0 Å². The van der Waals surface area contributed by atoms with E-state index in [4.69, 9.17) is 5.11 Å². The van der Waals surface area contributed by atoms with Gasteiger partial charge in [-0.15, -0.1) is 6.58 Å². The highest BCUT2D eigenvalue weighted by Gasteiger charge is 2.28. The molecule has 0 aromatic carbocycles. The van der Waals surface area contributed by atoms with E-state index in [-0.39, 0.29) is 11.5 Å². The van der Waals surface area contributed by atoms with Crippen LogP contribution in [0.5, 0.6) is 0 Å². The molecule has 0 saturated heterocycles. The van der Waals surface area contributed by atoms with E-state index in [9.17, 15) is 8.42 Å². The molecule has 0 aliphatic heterocycles. The second kappa shape index (κ2) is 7.01. The fourth-order valence-electron chi connectivity index (χ4n) is 2.10. The molecule has 0 aliphatic carbocycles. The summed E-state index contributed by atoms with van der Waals surface area (Å²) in [5.74, 6) is 0. The van der Waals surface area contributed by atoms with E-state index in [0.717, 1.165) is 12.8 Å². The quantitative estimate of drug-likeness (QED) is 0.576. The highest BCUT2D eigenvalue weighted by Crippen LogP contribution is 2.22. The van der Waals surface area contributed by atoms with Crippen LogP contribution in [0.3, 0.4) is 0 Å². The Morgan fingerprint density at radius 2 is 2.10 bits per heavy atom. The van der Waals surface area contributed by atoms with Crippen LogP contribution in [0.25, 0.3) is 0 Å². The summed E-state index contributed by atoms with van der Waals surface area (Å²) in [6, 6.07) is 0. The van der Waals surface area contributed by atoms with Crippen molar-refractivity contribution in [3.63, 3.8) is 0 Å². The van der Waals surface area contributed by atoms with E-state index >= 15 is 0 Å². The summed E-state index contributed by atoms with van der Waals surface area (Å²) in [6.07, 6.45) is 3.29. The number of nitrogens with zero attached hydrogens (tertiary/aromatic N) is 3. The first kappa shape index (κ1) is 16.9. The summed E-state index contributed by atoms with van der Waals surface area (Å²) in [4.78, 5) is 0.243. The van der Waals surface area contributed by atoms with Gasteiger partial charge >= 0.3 is 0 Å². The normalized spacial score (nSPS) is 12.1. The third-order valence-corrected chi connectivity index (χ3v) is 5.29. The molecule has 6 nitrogen and oxygen atoms in total. The molecule has 0 atom stereocenters. The molecule has 0 saturated carbocycles. The lowest BCUT2D eigenvalue weighted by Crippen LogP contribution is -2.28. The maximum Gasteiger partial charge on any atom is 0.246 e. The van der Waals surface area contributed by atoms with Crippen LogP contribution in [-0.2, 0) is 16.6 Å². The molecule has 0 bridgehead atoms. The van der Waals surface area contributed by atoms with Gasteiger partial charge in [-0.2, -0.15) is 5.10 Å². The largest absolute Gasteiger partial charge is 0.394 e. The van der Waals surface area contributed by atoms with Crippen LogP contribution in [0.1, 0.15) is 24.2 Å². The Labute approximate surface area is 120 Å². The average Bonchev–Trinajstić information content (AvgIpc) is 2.65. The highest BCUT2D eigenvalue weighted by atomic mass is 32.2. The number of hydrogen-bond donors (Lipinski definition) is 1. The number of aromatic nitrogens is 2. The Hall–Kier alpha value is -1.18. The third kappa shape index (κ3) is 3.47. The van der Waals surface area contributed by atoms with Gasteiger partial charge in [-0.05, 0) is 26.7 Å². The highest BCUT2D eigenvalue weighted by molar-refractivity contribution is 7.89. The summed E-state index contributed by atoms with van der Waals surface area (Å²) < 4.78 is 28.0. The van der Waals surface area contributed by atoms with Gasteiger partial charge in [-0.25, -0.2) is 12.7 Å². The summed E-state index contributed by atoms with van der Waals surface area (Å²) in [5, 5.41) is 13.1. The molecule has 7 heteroatoms. The van der Waals surface area contributed by atoms with Crippen molar-refractivity contribution in [2.75, 3.05) is 20.2 Å². The number of sulfonamides is 1. The summed E-state index contributed by atoms with van der Waals surface area (Å²) in [7, 11) is -1.97. The number of aryl methyl sites for hydroxylation is 1. The zero-order valence-electron chi connectivity index (χ0n) is 12.3. The maximum atomic E-state index is 12.6. The minimum absolute atomic E-state index is 0.0728. The first-order valence-corrected chi connectivity index (χ1v) is 8.02. The van der Waals surface area contributed by atoms with Gasteiger partial charge in [0.2, 0.25) is 10.0 Å². The predicted octanol–water partition coefficient (Wildman–Crippen LogP) is 1.08. The molecule has 1 N–H and O–H groups in total. The van der Waals surface area contributed by atoms with Crippen LogP contribution in [0.2, 0.25) is 0 Å². The van der Waals surface area contributed by atoms with Crippen LogP contribution < -0.4 is 0 Å². The molecule has 1 rings (SSSR count). The Morgan fingerprint density at radius 3 is 2.65 bits per heavy atom.